The van der Waals surface area contributed by atoms with Crippen molar-refractivity contribution in [2.24, 2.45) is 5.10 Å². The van der Waals surface area contributed by atoms with Crippen LogP contribution in [0.15, 0.2) is 59.7 Å². The molecule has 1 amide bonds. The number of carbonyl (C=O) groups excluding carboxylic acids is 1. The van der Waals surface area contributed by atoms with Gasteiger partial charge < -0.3 is 14.2 Å². The molecular weight excluding hydrogens is 364 g/mol. The highest BCUT2D eigenvalue weighted by Gasteiger charge is 2.10. The van der Waals surface area contributed by atoms with Crippen LogP contribution in [-0.4, -0.2) is 37.9 Å². The number of carbonyl (C=O) groups is 1. The number of aryl methyl sites for hydroxylation is 1. The van der Waals surface area contributed by atoms with Crippen LogP contribution in [0.25, 0.3) is 5.69 Å². The van der Waals surface area contributed by atoms with Gasteiger partial charge in [0, 0.05) is 48.0 Å². The number of methoxy groups -OCH3 is 1. The van der Waals surface area contributed by atoms with Gasteiger partial charge >= 0.3 is 0 Å². The van der Waals surface area contributed by atoms with E-state index in [1.807, 2.05) is 21.0 Å². The number of hydrazone groups is 1. The lowest BCUT2D eigenvalue weighted by molar-refractivity contribution is 0.0955. The second kappa shape index (κ2) is 8.65. The molecule has 3 aromatic rings. The molecule has 0 bridgehead atoms. The molecule has 0 fully saturated rings. The number of hydrogen-bond donors (Lipinski definition) is 1. The topological polar surface area (TPSA) is 58.9 Å². The Balaban J connectivity index is 1.76. The Morgan fingerprint density at radius 2 is 1.83 bits per heavy atom. The largest absolute Gasteiger partial charge is 0.497 e. The maximum Gasteiger partial charge on any atom is 0.271 e. The van der Waals surface area contributed by atoms with Crippen LogP contribution in [0, 0.1) is 13.8 Å². The molecule has 1 N–H and O–H groups in total. The van der Waals surface area contributed by atoms with E-state index in [0.717, 1.165) is 28.3 Å². The highest BCUT2D eigenvalue weighted by molar-refractivity contribution is 5.95. The zero-order valence-corrected chi connectivity index (χ0v) is 17.4. The molecule has 0 unspecified atom stereocenters. The molecule has 3 rings (SSSR count). The van der Waals surface area contributed by atoms with E-state index in [9.17, 15) is 4.79 Å². The molecule has 0 atom stereocenters. The Bertz CT molecular complexity index is 1030. The number of amides is 1. The number of aromatic nitrogens is 1. The van der Waals surface area contributed by atoms with Gasteiger partial charge in [0.2, 0.25) is 0 Å². The predicted octanol–water partition coefficient (Wildman–Crippen LogP) is 3.93. The van der Waals surface area contributed by atoms with Crippen molar-refractivity contribution in [2.75, 3.05) is 26.1 Å². The lowest BCUT2D eigenvalue weighted by Gasteiger charge is -2.14. The van der Waals surface area contributed by atoms with Crippen LogP contribution in [0.1, 0.15) is 27.3 Å². The van der Waals surface area contributed by atoms with E-state index in [2.05, 4.69) is 57.2 Å². The second-order valence-electron chi connectivity index (χ2n) is 7.00. The number of rotatable bonds is 6. The third-order valence-electron chi connectivity index (χ3n) is 4.80. The van der Waals surface area contributed by atoms with Crippen molar-refractivity contribution in [3.05, 3.63) is 77.1 Å². The minimum Gasteiger partial charge on any atom is -0.497 e. The molecule has 0 spiro atoms. The smallest absolute Gasteiger partial charge is 0.271 e. The van der Waals surface area contributed by atoms with Gasteiger partial charge in [0.05, 0.1) is 13.3 Å². The fraction of sp³-hybridized carbons (Fsp3) is 0.217. The Hall–Kier alpha value is -3.54. The lowest BCUT2D eigenvalue weighted by atomic mass is 10.2. The van der Waals surface area contributed by atoms with E-state index in [1.54, 1.807) is 37.6 Å². The minimum atomic E-state index is -0.284. The number of anilines is 1. The van der Waals surface area contributed by atoms with Crippen LogP contribution < -0.4 is 15.1 Å². The summed E-state index contributed by atoms with van der Waals surface area (Å²) >= 11 is 0. The maximum absolute atomic E-state index is 12.3. The van der Waals surface area contributed by atoms with Crippen molar-refractivity contribution in [1.82, 2.24) is 9.99 Å². The Kier molecular flexibility index (Phi) is 6.02. The number of hydrogen-bond acceptors (Lipinski definition) is 4. The van der Waals surface area contributed by atoms with Crippen molar-refractivity contribution in [2.45, 2.75) is 13.8 Å². The Labute approximate surface area is 171 Å². The van der Waals surface area contributed by atoms with Gasteiger partial charge in [-0.1, -0.05) is 6.07 Å². The second-order valence-corrected chi connectivity index (χ2v) is 7.00. The maximum atomic E-state index is 12.3. The van der Waals surface area contributed by atoms with Crippen LogP contribution in [0.3, 0.4) is 0 Å². The third-order valence-corrected chi connectivity index (χ3v) is 4.80. The van der Waals surface area contributed by atoms with Crippen LogP contribution in [0.5, 0.6) is 5.75 Å². The number of ether oxygens (including phenoxy) is 1. The van der Waals surface area contributed by atoms with E-state index in [1.165, 1.54) is 0 Å². The normalized spacial score (nSPS) is 10.9. The summed E-state index contributed by atoms with van der Waals surface area (Å²) in [6.45, 7) is 4.09. The standard InChI is InChI=1S/C23H26N4O2/c1-16-13-19(15-24-25-23(28)18-7-6-8-22(14-18)29-5)17(2)27(16)21-11-9-20(10-12-21)26(3)4/h6-15H,1-5H3,(H,25,28)/b24-15-. The zero-order chi connectivity index (χ0) is 21.0. The summed E-state index contributed by atoms with van der Waals surface area (Å²) in [5.74, 6) is 0.346. The summed E-state index contributed by atoms with van der Waals surface area (Å²) in [6.07, 6.45) is 1.67. The molecule has 0 saturated heterocycles. The molecule has 1 aromatic heterocycles. The summed E-state index contributed by atoms with van der Waals surface area (Å²) in [6, 6.07) is 17.4. The van der Waals surface area contributed by atoms with Crippen molar-refractivity contribution in [3.8, 4) is 11.4 Å². The summed E-state index contributed by atoms with van der Waals surface area (Å²) in [5.41, 5.74) is 8.41. The van der Waals surface area contributed by atoms with Gasteiger partial charge in [-0.25, -0.2) is 5.43 Å². The molecule has 0 aliphatic rings. The van der Waals surface area contributed by atoms with Gasteiger partial charge in [-0.2, -0.15) is 5.10 Å². The molecule has 1 heterocycles. The number of nitrogens with zero attached hydrogens (tertiary/aromatic N) is 3. The Morgan fingerprint density at radius 3 is 2.48 bits per heavy atom. The monoisotopic (exact) mass is 390 g/mol. The van der Waals surface area contributed by atoms with Crippen LogP contribution in [-0.2, 0) is 0 Å². The molecule has 2 aromatic carbocycles. The van der Waals surface area contributed by atoms with Crippen LogP contribution in [0.2, 0.25) is 0 Å². The predicted molar refractivity (Wildman–Crippen MR) is 118 cm³/mol. The van der Waals surface area contributed by atoms with Crippen LogP contribution >= 0.6 is 0 Å². The molecule has 29 heavy (non-hydrogen) atoms. The van der Waals surface area contributed by atoms with Gasteiger partial charge in [-0.15, -0.1) is 0 Å². The lowest BCUT2D eigenvalue weighted by Crippen LogP contribution is -2.17. The molecular formula is C23H26N4O2. The van der Waals surface area contributed by atoms with Crippen LogP contribution in [0.4, 0.5) is 5.69 Å². The average Bonchev–Trinajstić information content (AvgIpc) is 3.01. The van der Waals surface area contributed by atoms with Crippen molar-refractivity contribution in [1.29, 1.82) is 0 Å². The van der Waals surface area contributed by atoms with Gasteiger partial charge in [0.25, 0.3) is 5.91 Å². The minimum absolute atomic E-state index is 0.284. The van der Waals surface area contributed by atoms with Crippen molar-refractivity contribution < 1.29 is 9.53 Å². The molecule has 6 heteroatoms. The summed E-state index contributed by atoms with van der Waals surface area (Å²) in [4.78, 5) is 14.4. The molecule has 6 nitrogen and oxygen atoms in total. The first-order chi connectivity index (χ1) is 13.9. The first-order valence-electron chi connectivity index (χ1n) is 9.35. The van der Waals surface area contributed by atoms with Gasteiger partial charge in [0.15, 0.2) is 0 Å². The van der Waals surface area contributed by atoms with E-state index >= 15 is 0 Å². The molecule has 150 valence electrons. The first-order valence-corrected chi connectivity index (χ1v) is 9.35. The number of nitrogens with one attached hydrogen (secondary N) is 1. The Morgan fingerprint density at radius 1 is 1.10 bits per heavy atom. The van der Waals surface area contributed by atoms with Crippen molar-refractivity contribution >= 4 is 17.8 Å². The van der Waals surface area contributed by atoms with Gasteiger partial charge in [-0.05, 0) is 62.4 Å². The van der Waals surface area contributed by atoms with Gasteiger partial charge in [-0.3, -0.25) is 4.79 Å². The van der Waals surface area contributed by atoms with E-state index in [4.69, 9.17) is 4.74 Å². The third kappa shape index (κ3) is 4.48. The first kappa shape index (κ1) is 20.2. The summed E-state index contributed by atoms with van der Waals surface area (Å²) in [7, 11) is 5.62. The van der Waals surface area contributed by atoms with Crippen molar-refractivity contribution in [3.63, 3.8) is 0 Å². The average molecular weight is 390 g/mol. The molecule has 0 aliphatic carbocycles. The molecule has 0 radical (unpaired) electrons. The van der Waals surface area contributed by atoms with E-state index < -0.39 is 0 Å². The summed E-state index contributed by atoms with van der Waals surface area (Å²) in [5, 5.41) is 4.13. The quantitative estimate of drug-likeness (QED) is 0.512. The summed E-state index contributed by atoms with van der Waals surface area (Å²) < 4.78 is 7.32. The highest BCUT2D eigenvalue weighted by atomic mass is 16.5. The van der Waals surface area contributed by atoms with E-state index in [0.29, 0.717) is 11.3 Å². The zero-order valence-electron chi connectivity index (χ0n) is 17.4. The number of benzene rings is 2. The molecule has 0 saturated carbocycles. The fourth-order valence-electron chi connectivity index (χ4n) is 3.20. The SMILES string of the molecule is COc1cccc(C(=O)N/N=C\c2cc(C)n(-c3ccc(N(C)C)cc3)c2C)c1. The van der Waals surface area contributed by atoms with E-state index in [-0.39, 0.29) is 5.91 Å². The molecule has 0 aliphatic heterocycles. The highest BCUT2D eigenvalue weighted by Crippen LogP contribution is 2.22. The fourth-order valence-corrected chi connectivity index (χ4v) is 3.20. The van der Waals surface area contributed by atoms with Gasteiger partial charge in [0.1, 0.15) is 5.75 Å².